The van der Waals surface area contributed by atoms with Crippen molar-refractivity contribution in [2.45, 2.75) is 25.9 Å². The molecule has 0 unspecified atom stereocenters. The lowest BCUT2D eigenvalue weighted by Crippen LogP contribution is -2.28. The van der Waals surface area contributed by atoms with Crippen molar-refractivity contribution >= 4 is 35.1 Å². The van der Waals surface area contributed by atoms with Gasteiger partial charge in [-0.3, -0.25) is 9.59 Å². The number of carbonyl (C=O) groups excluding carboxylic acids is 4. The van der Waals surface area contributed by atoms with E-state index in [2.05, 4.69) is 4.98 Å². The number of ether oxygens (including phenoxy) is 2. The Morgan fingerprint density at radius 3 is 2.47 bits per heavy atom. The zero-order valence-corrected chi connectivity index (χ0v) is 17.1. The van der Waals surface area contributed by atoms with E-state index in [1.807, 2.05) is 12.2 Å². The number of hydrogen-bond acceptors (Lipinski definition) is 7. The first-order chi connectivity index (χ1) is 15.0. The summed E-state index contributed by atoms with van der Waals surface area (Å²) in [6.07, 6.45) is -4.23. The molecule has 1 N–H and O–H groups in total. The number of aromatic nitrogens is 1. The van der Waals surface area contributed by atoms with Crippen LogP contribution in [0, 0.1) is 5.82 Å². The number of benzene rings is 1. The second-order valence-electron chi connectivity index (χ2n) is 5.75. The molecule has 0 aliphatic rings. The maximum Gasteiger partial charge on any atom is 0.450 e. The number of ketones is 1. The molecular weight excluding hydrogens is 464 g/mol. The van der Waals surface area contributed by atoms with Crippen LogP contribution in [-0.4, -0.2) is 35.6 Å². The van der Waals surface area contributed by atoms with Gasteiger partial charge in [-0.05, 0) is 24.6 Å². The number of pyridine rings is 1. The van der Waals surface area contributed by atoms with Crippen molar-refractivity contribution in [3.63, 3.8) is 0 Å². The van der Waals surface area contributed by atoms with Crippen molar-refractivity contribution in [1.29, 1.82) is 0 Å². The number of nitrogens with one attached hydrogen (secondary N) is 1. The first-order valence-electron chi connectivity index (χ1n) is 8.67. The molecule has 1 amide bonds. The molecule has 13 heteroatoms. The second-order valence-corrected chi connectivity index (χ2v) is 6.16. The van der Waals surface area contributed by atoms with E-state index in [0.717, 1.165) is 12.1 Å². The molecule has 1 aromatic carbocycles. The number of Topliss-reactive ketones (excluding diaryl/α,β-unsaturated/α-hetero) is 1. The highest BCUT2D eigenvalue weighted by Gasteiger charge is 2.39. The lowest BCUT2D eigenvalue weighted by Gasteiger charge is -2.14. The summed E-state index contributed by atoms with van der Waals surface area (Å²) in [5.41, 5.74) is -0.510. The van der Waals surface area contributed by atoms with Crippen LogP contribution in [0.2, 0.25) is 5.02 Å². The molecule has 1 heterocycles. The lowest BCUT2D eigenvalue weighted by atomic mass is 10.2. The molecule has 0 radical (unpaired) electrons. The van der Waals surface area contributed by atoms with Crippen LogP contribution in [0.25, 0.3) is 0 Å². The molecule has 172 valence electrons. The summed E-state index contributed by atoms with van der Waals surface area (Å²) in [6.45, 7) is 2.25. The minimum absolute atomic E-state index is 0.111. The smallest absolute Gasteiger partial charge is 0.450 e. The van der Waals surface area contributed by atoms with Gasteiger partial charge in [-0.15, -0.1) is 0 Å². The fourth-order valence-corrected chi connectivity index (χ4v) is 2.21. The molecule has 0 fully saturated rings. The Labute approximate surface area is 183 Å². The van der Waals surface area contributed by atoms with Gasteiger partial charge in [0.1, 0.15) is 11.6 Å². The third-order valence-electron chi connectivity index (χ3n) is 3.33. The predicted octanol–water partition coefficient (Wildman–Crippen LogP) is 4.33. The third-order valence-corrected chi connectivity index (χ3v) is 3.63. The molecule has 0 aliphatic carbocycles. The van der Waals surface area contributed by atoms with Crippen LogP contribution in [0.15, 0.2) is 30.5 Å². The van der Waals surface area contributed by atoms with Gasteiger partial charge in [0.05, 0.1) is 23.7 Å². The fourth-order valence-electron chi connectivity index (χ4n) is 2.02. The van der Waals surface area contributed by atoms with Gasteiger partial charge >= 0.3 is 12.3 Å². The highest BCUT2D eigenvalue weighted by atomic mass is 35.5. The molecule has 2 aromatic rings. The SMILES string of the molecule is CCCOc1ncccc1Oc1cc(NC(=O)CC(=O)C(F)(F)F)c(F)cc1Cl.O=C=O. The van der Waals surface area contributed by atoms with E-state index in [0.29, 0.717) is 13.0 Å². The van der Waals surface area contributed by atoms with Gasteiger partial charge < -0.3 is 14.8 Å². The van der Waals surface area contributed by atoms with Gasteiger partial charge in [-0.25, -0.2) is 9.37 Å². The average Bonchev–Trinajstić information content (AvgIpc) is 2.70. The summed E-state index contributed by atoms with van der Waals surface area (Å²) in [6, 6.07) is 4.85. The van der Waals surface area contributed by atoms with Crippen LogP contribution in [0.1, 0.15) is 19.8 Å². The van der Waals surface area contributed by atoms with Gasteiger partial charge in [-0.1, -0.05) is 18.5 Å². The van der Waals surface area contributed by atoms with E-state index in [4.69, 9.17) is 30.7 Å². The predicted molar refractivity (Wildman–Crippen MR) is 101 cm³/mol. The number of halogens is 5. The van der Waals surface area contributed by atoms with E-state index in [1.165, 1.54) is 12.3 Å². The Bertz CT molecular complexity index is 994. The number of rotatable bonds is 8. The molecule has 2 rings (SSSR count). The summed E-state index contributed by atoms with van der Waals surface area (Å²) in [5.74, 6) is -4.43. The Morgan fingerprint density at radius 2 is 1.88 bits per heavy atom. The molecule has 1 aromatic heterocycles. The van der Waals surface area contributed by atoms with E-state index in [-0.39, 0.29) is 28.6 Å². The molecule has 32 heavy (non-hydrogen) atoms. The normalized spacial score (nSPS) is 10.3. The van der Waals surface area contributed by atoms with E-state index in [9.17, 15) is 27.2 Å². The first kappa shape index (κ1) is 26.5. The third kappa shape index (κ3) is 8.32. The Hall–Kier alpha value is -3.50. The van der Waals surface area contributed by atoms with Gasteiger partial charge in [-0.2, -0.15) is 22.8 Å². The topological polar surface area (TPSA) is 112 Å². The number of carbonyl (C=O) groups is 2. The van der Waals surface area contributed by atoms with Crippen molar-refractivity contribution in [1.82, 2.24) is 4.98 Å². The van der Waals surface area contributed by atoms with Crippen molar-refractivity contribution in [3.8, 4) is 17.4 Å². The lowest BCUT2D eigenvalue weighted by molar-refractivity contribution is -0.191. The van der Waals surface area contributed by atoms with E-state index >= 15 is 0 Å². The van der Waals surface area contributed by atoms with Crippen LogP contribution >= 0.6 is 11.6 Å². The number of nitrogens with zero attached hydrogens (tertiary/aromatic N) is 1. The van der Waals surface area contributed by atoms with Gasteiger partial charge in [0.25, 0.3) is 5.88 Å². The molecular formula is C19H15ClF4N2O6. The highest BCUT2D eigenvalue weighted by molar-refractivity contribution is 6.32. The van der Waals surface area contributed by atoms with Crippen LogP contribution in [0.5, 0.6) is 17.4 Å². The molecule has 0 atom stereocenters. The van der Waals surface area contributed by atoms with Gasteiger partial charge in [0, 0.05) is 12.3 Å². The zero-order valence-electron chi connectivity index (χ0n) is 16.3. The fraction of sp³-hybridized carbons (Fsp3) is 0.263. The zero-order chi connectivity index (χ0) is 24.3. The quantitative estimate of drug-likeness (QED) is 0.444. The Morgan fingerprint density at radius 1 is 1.22 bits per heavy atom. The summed E-state index contributed by atoms with van der Waals surface area (Å²) < 4.78 is 61.8. The van der Waals surface area contributed by atoms with Crippen molar-refractivity contribution < 1.29 is 46.2 Å². The van der Waals surface area contributed by atoms with Gasteiger partial charge in [0.15, 0.2) is 5.75 Å². The molecule has 8 nitrogen and oxygen atoms in total. The van der Waals surface area contributed by atoms with Crippen molar-refractivity contribution in [2.75, 3.05) is 11.9 Å². The molecule has 0 aliphatic heterocycles. The summed E-state index contributed by atoms with van der Waals surface area (Å²) >= 11 is 5.95. The van der Waals surface area contributed by atoms with Crippen LogP contribution in [-0.2, 0) is 19.2 Å². The Balaban J connectivity index is 0.00000161. The van der Waals surface area contributed by atoms with E-state index in [1.54, 1.807) is 6.07 Å². The van der Waals surface area contributed by atoms with Crippen LogP contribution < -0.4 is 14.8 Å². The average molecular weight is 479 g/mol. The molecule has 0 saturated carbocycles. The summed E-state index contributed by atoms with van der Waals surface area (Å²) in [7, 11) is 0. The maximum absolute atomic E-state index is 14.0. The minimum Gasteiger partial charge on any atom is -0.475 e. The van der Waals surface area contributed by atoms with Crippen molar-refractivity contribution in [2.24, 2.45) is 0 Å². The number of anilines is 1. The molecule has 0 bridgehead atoms. The number of hydrogen-bond donors (Lipinski definition) is 1. The summed E-state index contributed by atoms with van der Waals surface area (Å²) in [4.78, 5) is 42.8. The monoisotopic (exact) mass is 478 g/mol. The largest absolute Gasteiger partial charge is 0.475 e. The minimum atomic E-state index is -5.17. The molecule has 0 saturated heterocycles. The highest BCUT2D eigenvalue weighted by Crippen LogP contribution is 2.36. The van der Waals surface area contributed by atoms with Crippen molar-refractivity contribution in [3.05, 3.63) is 41.3 Å². The van der Waals surface area contributed by atoms with E-state index < -0.39 is 35.8 Å². The first-order valence-corrected chi connectivity index (χ1v) is 9.05. The number of alkyl halides is 3. The number of amides is 1. The van der Waals surface area contributed by atoms with Crippen LogP contribution in [0.4, 0.5) is 23.2 Å². The second kappa shape index (κ2) is 12.4. The van der Waals surface area contributed by atoms with Crippen LogP contribution in [0.3, 0.4) is 0 Å². The Kier molecular flexibility index (Phi) is 10.3. The standard InChI is InChI=1S/C18H15ClF4N2O4.CO2/c1-2-6-28-17-13(4-3-5-24-17)29-14-8-12(11(20)7-10(14)19)25-16(27)9-15(26)18(21,22)23;2-1-3/h3-5,7-8H,2,6,9H2,1H3,(H,25,27);. The van der Waals surface area contributed by atoms with Gasteiger partial charge in [0.2, 0.25) is 11.7 Å². The summed E-state index contributed by atoms with van der Waals surface area (Å²) in [5, 5.41) is 1.73. The molecule has 0 spiro atoms. The maximum atomic E-state index is 14.0.